The van der Waals surface area contributed by atoms with Crippen molar-refractivity contribution < 1.29 is 27.5 Å². The number of aromatic nitrogens is 1. The van der Waals surface area contributed by atoms with Crippen LogP contribution in [-0.4, -0.2) is 60.5 Å². The number of fused-ring (bicyclic) bond motifs is 1. The van der Waals surface area contributed by atoms with Crippen LogP contribution in [0.2, 0.25) is 0 Å². The molecule has 0 atom stereocenters. The molecule has 0 saturated heterocycles. The highest BCUT2D eigenvalue weighted by Gasteiger charge is 2.36. The van der Waals surface area contributed by atoms with Crippen LogP contribution < -0.4 is 10.1 Å². The fourth-order valence-corrected chi connectivity index (χ4v) is 5.58. The van der Waals surface area contributed by atoms with Gasteiger partial charge >= 0.3 is 0 Å². The number of carbonyl (C=O) groups is 3. The smallest absolute Gasteiger partial charge is 0.261 e. The molecule has 0 unspecified atom stereocenters. The van der Waals surface area contributed by atoms with Crippen molar-refractivity contribution in [3.05, 3.63) is 83.2 Å². The number of pyridine rings is 1. The minimum absolute atomic E-state index is 0.00813. The maximum absolute atomic E-state index is 13.1. The van der Waals surface area contributed by atoms with Gasteiger partial charge in [-0.15, -0.1) is 0 Å². The lowest BCUT2D eigenvalue weighted by atomic mass is 10.1. The molecule has 0 radical (unpaired) electrons. The van der Waals surface area contributed by atoms with Gasteiger partial charge in [0.25, 0.3) is 17.7 Å². The lowest BCUT2D eigenvalue weighted by Crippen LogP contribution is -2.30. The summed E-state index contributed by atoms with van der Waals surface area (Å²) in [6.07, 6.45) is 3.15. The minimum Gasteiger partial charge on any atom is -0.495 e. The third-order valence-electron chi connectivity index (χ3n) is 6.09. The first-order valence-corrected chi connectivity index (χ1v) is 13.0. The van der Waals surface area contributed by atoms with Gasteiger partial charge in [-0.1, -0.05) is 13.8 Å². The Bertz CT molecular complexity index is 1470. The number of hydrogen-bond acceptors (Lipinski definition) is 7. The van der Waals surface area contributed by atoms with E-state index in [0.29, 0.717) is 13.1 Å². The maximum atomic E-state index is 13.1. The molecule has 4 rings (SSSR count). The van der Waals surface area contributed by atoms with Gasteiger partial charge in [0.2, 0.25) is 10.0 Å². The second-order valence-corrected chi connectivity index (χ2v) is 10.2. The monoisotopic (exact) mass is 522 g/mol. The van der Waals surface area contributed by atoms with Crippen molar-refractivity contribution in [2.45, 2.75) is 25.3 Å². The summed E-state index contributed by atoms with van der Waals surface area (Å²) in [5.41, 5.74) is 1.36. The number of ether oxygens (including phenoxy) is 1. The van der Waals surface area contributed by atoms with Gasteiger partial charge in [-0.3, -0.25) is 24.3 Å². The van der Waals surface area contributed by atoms with Crippen LogP contribution in [0.4, 0.5) is 5.69 Å². The molecule has 1 aliphatic heterocycles. The number of rotatable bonds is 9. The molecule has 0 aliphatic carbocycles. The van der Waals surface area contributed by atoms with Crippen molar-refractivity contribution in [2.24, 2.45) is 0 Å². The van der Waals surface area contributed by atoms with E-state index in [1.165, 1.54) is 47.8 Å². The third-order valence-corrected chi connectivity index (χ3v) is 8.13. The van der Waals surface area contributed by atoms with Gasteiger partial charge in [-0.05, 0) is 54.1 Å². The largest absolute Gasteiger partial charge is 0.495 e. The van der Waals surface area contributed by atoms with Gasteiger partial charge in [-0.25, -0.2) is 8.42 Å². The molecule has 10 nitrogen and oxygen atoms in total. The molecule has 0 saturated carbocycles. The Morgan fingerprint density at radius 3 is 2.30 bits per heavy atom. The normalized spacial score (nSPS) is 13.1. The zero-order chi connectivity index (χ0) is 26.7. The first-order valence-electron chi connectivity index (χ1n) is 11.6. The number of sulfonamides is 1. The first-order chi connectivity index (χ1) is 17.7. The van der Waals surface area contributed by atoms with Crippen molar-refractivity contribution in [3.63, 3.8) is 0 Å². The standard InChI is InChI=1S/C26H26N4O6S/c1-4-29(5-2)37(34,35)19-7-9-23(36-3)22(15-19)28-24(31)18-6-8-20-21(14-18)26(33)30(25(20)32)16-17-10-12-27-13-11-17/h6-15H,4-5,16H2,1-3H3,(H,28,31). The number of hydrogen-bond donors (Lipinski definition) is 1. The number of methoxy groups -OCH3 is 1. The zero-order valence-corrected chi connectivity index (χ0v) is 21.4. The number of nitrogens with zero attached hydrogens (tertiary/aromatic N) is 3. The fraction of sp³-hybridized carbons (Fsp3) is 0.231. The summed E-state index contributed by atoms with van der Waals surface area (Å²) >= 11 is 0. The Hall–Kier alpha value is -4.09. The summed E-state index contributed by atoms with van der Waals surface area (Å²) in [4.78, 5) is 44.0. The topological polar surface area (TPSA) is 126 Å². The van der Waals surface area contributed by atoms with E-state index < -0.39 is 27.7 Å². The molecule has 192 valence electrons. The third kappa shape index (κ3) is 4.95. The van der Waals surface area contributed by atoms with Crippen molar-refractivity contribution in [1.29, 1.82) is 0 Å². The van der Waals surface area contributed by atoms with E-state index in [4.69, 9.17) is 4.74 Å². The van der Waals surface area contributed by atoms with Crippen molar-refractivity contribution in [3.8, 4) is 5.75 Å². The molecular formula is C26H26N4O6S. The lowest BCUT2D eigenvalue weighted by Gasteiger charge is -2.19. The Labute approximate surface area is 214 Å². The zero-order valence-electron chi connectivity index (χ0n) is 20.6. The van der Waals surface area contributed by atoms with Crippen molar-refractivity contribution in [1.82, 2.24) is 14.2 Å². The predicted octanol–water partition coefficient (Wildman–Crippen LogP) is 3.17. The molecule has 2 heterocycles. The van der Waals surface area contributed by atoms with Crippen LogP contribution in [0.1, 0.15) is 50.5 Å². The molecule has 3 amide bonds. The highest BCUT2D eigenvalue weighted by Crippen LogP contribution is 2.30. The summed E-state index contributed by atoms with van der Waals surface area (Å²) in [6.45, 7) is 4.16. The second kappa shape index (κ2) is 10.5. The Morgan fingerprint density at radius 2 is 1.65 bits per heavy atom. The van der Waals surface area contributed by atoms with Gasteiger partial charge in [0.1, 0.15) is 5.75 Å². The molecule has 37 heavy (non-hydrogen) atoms. The molecule has 1 N–H and O–H groups in total. The molecule has 0 spiro atoms. The van der Waals surface area contributed by atoms with Gasteiger partial charge in [0.15, 0.2) is 0 Å². The number of amides is 3. The highest BCUT2D eigenvalue weighted by atomic mass is 32.2. The van der Waals surface area contributed by atoms with Crippen molar-refractivity contribution >= 4 is 33.4 Å². The van der Waals surface area contributed by atoms with Gasteiger partial charge in [-0.2, -0.15) is 4.31 Å². The molecule has 2 aromatic carbocycles. The van der Waals surface area contributed by atoms with Crippen LogP contribution in [0.25, 0.3) is 0 Å². The number of carbonyl (C=O) groups excluding carboxylic acids is 3. The Balaban J connectivity index is 1.60. The molecule has 11 heteroatoms. The summed E-state index contributed by atoms with van der Waals surface area (Å²) in [5.74, 6) is -1.27. The predicted molar refractivity (Wildman–Crippen MR) is 136 cm³/mol. The molecule has 0 fully saturated rings. The minimum atomic E-state index is -3.77. The Morgan fingerprint density at radius 1 is 0.973 bits per heavy atom. The molecule has 1 aromatic heterocycles. The Kier molecular flexibility index (Phi) is 7.37. The van der Waals surface area contributed by atoms with Gasteiger partial charge in [0.05, 0.1) is 35.4 Å². The molecule has 3 aromatic rings. The summed E-state index contributed by atoms with van der Waals surface area (Å²) in [7, 11) is -2.36. The number of benzene rings is 2. The summed E-state index contributed by atoms with van der Waals surface area (Å²) in [5, 5.41) is 2.67. The number of imide groups is 1. The maximum Gasteiger partial charge on any atom is 0.261 e. The van der Waals surface area contributed by atoms with Gasteiger partial charge < -0.3 is 10.1 Å². The summed E-state index contributed by atoms with van der Waals surface area (Å²) in [6, 6.07) is 11.9. The quantitative estimate of drug-likeness (QED) is 0.428. The lowest BCUT2D eigenvalue weighted by molar-refractivity contribution is 0.0642. The molecule has 0 bridgehead atoms. The van der Waals surface area contributed by atoms with E-state index in [-0.39, 0.29) is 39.6 Å². The van der Waals surface area contributed by atoms with Crippen LogP contribution in [0.3, 0.4) is 0 Å². The van der Waals surface area contributed by atoms with E-state index >= 15 is 0 Å². The number of anilines is 1. The van der Waals surface area contributed by atoms with Crippen LogP contribution in [0.5, 0.6) is 5.75 Å². The van der Waals surface area contributed by atoms with Crippen LogP contribution >= 0.6 is 0 Å². The van der Waals surface area contributed by atoms with Crippen molar-refractivity contribution in [2.75, 3.05) is 25.5 Å². The van der Waals surface area contributed by atoms with E-state index in [0.717, 1.165) is 10.5 Å². The van der Waals surface area contributed by atoms with E-state index in [9.17, 15) is 22.8 Å². The highest BCUT2D eigenvalue weighted by molar-refractivity contribution is 7.89. The average Bonchev–Trinajstić information content (AvgIpc) is 3.14. The molecular weight excluding hydrogens is 496 g/mol. The molecule has 1 aliphatic rings. The second-order valence-electron chi connectivity index (χ2n) is 8.22. The SMILES string of the molecule is CCN(CC)S(=O)(=O)c1ccc(OC)c(NC(=O)c2ccc3c(c2)C(=O)N(Cc2ccncc2)C3=O)c1. The first kappa shape index (κ1) is 26.0. The summed E-state index contributed by atoms with van der Waals surface area (Å²) < 4.78 is 32.5. The van der Waals surface area contributed by atoms with E-state index in [1.807, 2.05) is 0 Å². The average molecular weight is 523 g/mol. The number of nitrogens with one attached hydrogen (secondary N) is 1. The van der Waals surface area contributed by atoms with E-state index in [1.54, 1.807) is 38.4 Å². The van der Waals surface area contributed by atoms with E-state index in [2.05, 4.69) is 10.3 Å². The van der Waals surface area contributed by atoms with Crippen LogP contribution in [-0.2, 0) is 16.6 Å². The fourth-order valence-electron chi connectivity index (χ4n) is 4.10. The van der Waals surface area contributed by atoms with Crippen LogP contribution in [0, 0.1) is 0 Å². The van der Waals surface area contributed by atoms with Crippen LogP contribution in [0.15, 0.2) is 65.8 Å². The van der Waals surface area contributed by atoms with Gasteiger partial charge in [0, 0.05) is 31.0 Å².